The first-order chi connectivity index (χ1) is 9.81. The van der Waals surface area contributed by atoms with E-state index in [0.29, 0.717) is 19.6 Å². The number of nitrogens with one attached hydrogen (secondary N) is 1. The summed E-state index contributed by atoms with van der Waals surface area (Å²) in [6.07, 6.45) is 0.647. The number of rotatable bonds is 8. The Morgan fingerprint density at radius 3 is 2.67 bits per heavy atom. The van der Waals surface area contributed by atoms with Gasteiger partial charge >= 0.3 is 5.97 Å². The summed E-state index contributed by atoms with van der Waals surface area (Å²) in [6, 6.07) is 7.63. The summed E-state index contributed by atoms with van der Waals surface area (Å²) in [7, 11) is 0. The molecule has 5 heteroatoms. The molecule has 0 bridgehead atoms. The number of benzene rings is 1. The van der Waals surface area contributed by atoms with Gasteiger partial charge in [0, 0.05) is 6.54 Å². The summed E-state index contributed by atoms with van der Waals surface area (Å²) < 4.78 is 5.49. The van der Waals surface area contributed by atoms with Gasteiger partial charge in [-0.3, -0.25) is 9.59 Å². The second kappa shape index (κ2) is 7.67. The summed E-state index contributed by atoms with van der Waals surface area (Å²) in [5.74, 6) is -0.252. The molecule has 116 valence electrons. The van der Waals surface area contributed by atoms with Gasteiger partial charge in [-0.2, -0.15) is 0 Å². The Labute approximate surface area is 125 Å². The van der Waals surface area contributed by atoms with Crippen LogP contribution in [-0.4, -0.2) is 30.1 Å². The van der Waals surface area contributed by atoms with E-state index in [2.05, 4.69) is 5.32 Å². The van der Waals surface area contributed by atoms with Crippen molar-refractivity contribution in [2.45, 2.75) is 33.6 Å². The van der Waals surface area contributed by atoms with E-state index in [1.165, 1.54) is 0 Å². The van der Waals surface area contributed by atoms with Crippen molar-refractivity contribution in [3.8, 4) is 5.75 Å². The lowest BCUT2D eigenvalue weighted by Crippen LogP contribution is -2.32. The lowest BCUT2D eigenvalue weighted by molar-refractivity contribution is -0.147. The largest absolute Gasteiger partial charge is 0.493 e. The van der Waals surface area contributed by atoms with Crippen LogP contribution < -0.4 is 10.1 Å². The fraction of sp³-hybridized carbons (Fsp3) is 0.500. The van der Waals surface area contributed by atoms with Gasteiger partial charge in [0.2, 0.25) is 5.91 Å². The second-order valence-corrected chi connectivity index (χ2v) is 5.70. The van der Waals surface area contributed by atoms with Crippen molar-refractivity contribution in [2.24, 2.45) is 5.41 Å². The van der Waals surface area contributed by atoms with E-state index in [1.807, 2.05) is 31.2 Å². The maximum absolute atomic E-state index is 11.6. The van der Waals surface area contributed by atoms with E-state index in [0.717, 1.165) is 11.3 Å². The lowest BCUT2D eigenvalue weighted by atomic mass is 9.90. The molecule has 0 aromatic heterocycles. The number of aryl methyl sites for hydroxylation is 1. The van der Waals surface area contributed by atoms with Gasteiger partial charge < -0.3 is 15.2 Å². The molecule has 0 atom stereocenters. The zero-order chi connectivity index (χ0) is 15.9. The molecule has 2 N–H and O–H groups in total. The summed E-state index contributed by atoms with van der Waals surface area (Å²) in [6.45, 7) is 5.91. The van der Waals surface area contributed by atoms with Crippen LogP contribution in [0.1, 0.15) is 32.3 Å². The summed E-state index contributed by atoms with van der Waals surface area (Å²) in [4.78, 5) is 22.5. The van der Waals surface area contributed by atoms with Gasteiger partial charge in [-0.15, -0.1) is 0 Å². The van der Waals surface area contributed by atoms with Gasteiger partial charge in [-0.25, -0.2) is 0 Å². The van der Waals surface area contributed by atoms with Crippen LogP contribution in [-0.2, 0) is 9.59 Å². The molecular formula is C16H23NO4. The molecule has 0 spiro atoms. The summed E-state index contributed by atoms with van der Waals surface area (Å²) in [5, 5.41) is 11.7. The Hall–Kier alpha value is -2.04. The molecular weight excluding hydrogens is 270 g/mol. The number of amides is 1. The fourth-order valence-corrected chi connectivity index (χ4v) is 1.68. The molecule has 0 heterocycles. The van der Waals surface area contributed by atoms with Crippen molar-refractivity contribution < 1.29 is 19.4 Å². The van der Waals surface area contributed by atoms with Gasteiger partial charge in [-0.05, 0) is 44.9 Å². The van der Waals surface area contributed by atoms with Crippen molar-refractivity contribution in [1.82, 2.24) is 5.32 Å². The first-order valence-electron chi connectivity index (χ1n) is 7.01. The first-order valence-corrected chi connectivity index (χ1v) is 7.01. The molecule has 21 heavy (non-hydrogen) atoms. The normalized spacial score (nSPS) is 11.0. The molecule has 0 aliphatic heterocycles. The topological polar surface area (TPSA) is 75.6 Å². The highest BCUT2D eigenvalue weighted by molar-refractivity contribution is 5.76. The minimum absolute atomic E-state index is 0.135. The Morgan fingerprint density at radius 2 is 2.05 bits per heavy atom. The number of aliphatic carboxylic acids is 1. The van der Waals surface area contributed by atoms with Crippen molar-refractivity contribution in [3.63, 3.8) is 0 Å². The van der Waals surface area contributed by atoms with E-state index in [4.69, 9.17) is 9.84 Å². The smallest absolute Gasteiger partial charge is 0.309 e. The standard InChI is InChI=1S/C16H23NO4/c1-12-5-4-6-13(11-12)21-10-7-14(18)17-9-8-16(2,3)15(19)20/h4-6,11H,7-10H2,1-3H3,(H,17,18)(H,19,20). The lowest BCUT2D eigenvalue weighted by Gasteiger charge is -2.18. The van der Waals surface area contributed by atoms with Crippen LogP contribution in [0.3, 0.4) is 0 Å². The maximum Gasteiger partial charge on any atom is 0.309 e. The number of ether oxygens (including phenoxy) is 1. The summed E-state index contributed by atoms with van der Waals surface area (Å²) >= 11 is 0. The molecule has 0 unspecified atom stereocenters. The van der Waals surface area contributed by atoms with Crippen LogP contribution in [0.2, 0.25) is 0 Å². The monoisotopic (exact) mass is 293 g/mol. The van der Waals surface area contributed by atoms with E-state index >= 15 is 0 Å². The average Bonchev–Trinajstić information content (AvgIpc) is 2.38. The molecule has 1 rings (SSSR count). The Morgan fingerprint density at radius 1 is 1.33 bits per heavy atom. The zero-order valence-electron chi connectivity index (χ0n) is 12.8. The van der Waals surface area contributed by atoms with E-state index in [1.54, 1.807) is 13.8 Å². The highest BCUT2D eigenvalue weighted by Gasteiger charge is 2.26. The number of carboxylic acid groups (broad SMARTS) is 1. The van der Waals surface area contributed by atoms with Crippen LogP contribution in [0.5, 0.6) is 5.75 Å². The highest BCUT2D eigenvalue weighted by Crippen LogP contribution is 2.19. The molecule has 0 aliphatic rings. The minimum atomic E-state index is -0.862. The minimum Gasteiger partial charge on any atom is -0.493 e. The van der Waals surface area contributed by atoms with Crippen LogP contribution in [0.4, 0.5) is 0 Å². The SMILES string of the molecule is Cc1cccc(OCCC(=O)NCCC(C)(C)C(=O)O)c1. The Bertz CT molecular complexity index is 497. The van der Waals surface area contributed by atoms with E-state index in [9.17, 15) is 9.59 Å². The molecule has 1 amide bonds. The molecule has 0 radical (unpaired) electrons. The van der Waals surface area contributed by atoms with Crippen molar-refractivity contribution >= 4 is 11.9 Å². The third-order valence-corrected chi connectivity index (χ3v) is 3.24. The fourth-order valence-electron chi connectivity index (χ4n) is 1.68. The number of carboxylic acids is 1. The summed E-state index contributed by atoms with van der Waals surface area (Å²) in [5.41, 5.74) is 0.276. The predicted octanol–water partition coefficient (Wildman–Crippen LogP) is 2.38. The number of carbonyl (C=O) groups excluding carboxylic acids is 1. The van der Waals surface area contributed by atoms with Crippen LogP contribution in [0.15, 0.2) is 24.3 Å². The molecule has 1 aromatic carbocycles. The second-order valence-electron chi connectivity index (χ2n) is 5.70. The average molecular weight is 293 g/mol. The highest BCUT2D eigenvalue weighted by atomic mass is 16.5. The molecule has 0 fully saturated rings. The van der Waals surface area contributed by atoms with Crippen LogP contribution in [0, 0.1) is 12.3 Å². The molecule has 0 saturated carbocycles. The van der Waals surface area contributed by atoms with Crippen LogP contribution >= 0.6 is 0 Å². The van der Waals surface area contributed by atoms with Crippen molar-refractivity contribution in [2.75, 3.05) is 13.2 Å². The number of carbonyl (C=O) groups is 2. The van der Waals surface area contributed by atoms with Gasteiger partial charge in [0.05, 0.1) is 18.4 Å². The van der Waals surface area contributed by atoms with E-state index in [-0.39, 0.29) is 12.3 Å². The van der Waals surface area contributed by atoms with Gasteiger partial charge in [0.25, 0.3) is 0 Å². The number of hydrogen-bond donors (Lipinski definition) is 2. The third kappa shape index (κ3) is 6.29. The van der Waals surface area contributed by atoms with Crippen LogP contribution in [0.25, 0.3) is 0 Å². The number of hydrogen-bond acceptors (Lipinski definition) is 3. The molecule has 1 aromatic rings. The van der Waals surface area contributed by atoms with Gasteiger partial charge in [0.15, 0.2) is 0 Å². The Balaban J connectivity index is 2.21. The van der Waals surface area contributed by atoms with Gasteiger partial charge in [-0.1, -0.05) is 12.1 Å². The molecule has 0 aliphatic carbocycles. The Kier molecular flexibility index (Phi) is 6.21. The third-order valence-electron chi connectivity index (χ3n) is 3.24. The zero-order valence-corrected chi connectivity index (χ0v) is 12.8. The molecule has 0 saturated heterocycles. The predicted molar refractivity (Wildman–Crippen MR) is 80.3 cm³/mol. The van der Waals surface area contributed by atoms with E-state index < -0.39 is 11.4 Å². The van der Waals surface area contributed by atoms with Crippen molar-refractivity contribution in [3.05, 3.63) is 29.8 Å². The molecule has 5 nitrogen and oxygen atoms in total. The quantitative estimate of drug-likeness (QED) is 0.771. The first kappa shape index (κ1) is 17.0. The van der Waals surface area contributed by atoms with Gasteiger partial charge in [0.1, 0.15) is 5.75 Å². The maximum atomic E-state index is 11.6. The van der Waals surface area contributed by atoms with Crippen molar-refractivity contribution in [1.29, 1.82) is 0 Å².